The minimum absolute atomic E-state index is 0.287. The number of hydrogen-bond donors (Lipinski definition) is 2. The van der Waals surface area contributed by atoms with E-state index in [1.807, 2.05) is 0 Å². The Hall–Kier alpha value is -1.74. The van der Waals surface area contributed by atoms with Gasteiger partial charge in [-0.1, -0.05) is 29.8 Å². The van der Waals surface area contributed by atoms with Crippen LogP contribution in [-0.4, -0.2) is 6.54 Å². The smallest absolute Gasteiger partial charge is 0.125 e. The van der Waals surface area contributed by atoms with Crippen LogP contribution in [0.4, 0.5) is 15.8 Å². The predicted octanol–water partition coefficient (Wildman–Crippen LogP) is 4.45. The fourth-order valence-electron chi connectivity index (χ4n) is 2.55. The van der Waals surface area contributed by atoms with E-state index in [-0.39, 0.29) is 5.82 Å². The molecule has 2 N–H and O–H groups in total. The number of fused-ring (bicyclic) bond motifs is 1. The van der Waals surface area contributed by atoms with Crippen molar-refractivity contribution in [2.45, 2.75) is 19.4 Å². The van der Waals surface area contributed by atoms with Gasteiger partial charge in [0.15, 0.2) is 0 Å². The van der Waals surface area contributed by atoms with Crippen molar-refractivity contribution in [1.82, 2.24) is 0 Å². The lowest BCUT2D eigenvalue weighted by Gasteiger charge is -2.21. The Morgan fingerprint density at radius 2 is 2.15 bits per heavy atom. The second kappa shape index (κ2) is 5.71. The van der Waals surface area contributed by atoms with E-state index >= 15 is 0 Å². The van der Waals surface area contributed by atoms with Crippen molar-refractivity contribution >= 4 is 23.0 Å². The molecule has 20 heavy (non-hydrogen) atoms. The van der Waals surface area contributed by atoms with E-state index in [2.05, 4.69) is 28.8 Å². The molecule has 2 aromatic rings. The highest BCUT2D eigenvalue weighted by Crippen LogP contribution is 2.28. The summed E-state index contributed by atoms with van der Waals surface area (Å²) in [6.07, 6.45) is 2.27. The Labute approximate surface area is 123 Å². The normalized spacial score (nSPS) is 13.5. The molecule has 0 atom stereocenters. The molecular weight excluding hydrogens is 275 g/mol. The molecule has 0 spiro atoms. The van der Waals surface area contributed by atoms with Crippen molar-refractivity contribution in [1.29, 1.82) is 0 Å². The number of halogens is 2. The number of nitrogens with one attached hydrogen (secondary N) is 2. The average molecular weight is 291 g/mol. The third-order valence-corrected chi connectivity index (χ3v) is 3.89. The summed E-state index contributed by atoms with van der Waals surface area (Å²) >= 11 is 6.06. The average Bonchev–Trinajstić information content (AvgIpc) is 2.48. The maximum absolute atomic E-state index is 13.2. The SMILES string of the molecule is Fc1ccc(Cl)c(NCc2cccc3c2NCCC3)c1. The van der Waals surface area contributed by atoms with Crippen LogP contribution in [0.15, 0.2) is 36.4 Å². The molecule has 3 rings (SSSR count). The van der Waals surface area contributed by atoms with Crippen LogP contribution in [0.3, 0.4) is 0 Å². The lowest BCUT2D eigenvalue weighted by Crippen LogP contribution is -2.15. The highest BCUT2D eigenvalue weighted by Gasteiger charge is 2.12. The standard InChI is InChI=1S/C16H16ClFN2/c17-14-7-6-13(18)9-15(14)20-10-12-4-1-3-11-5-2-8-19-16(11)12/h1,3-4,6-7,9,19-20H,2,5,8,10H2. The van der Waals surface area contributed by atoms with Gasteiger partial charge in [-0.25, -0.2) is 4.39 Å². The minimum Gasteiger partial charge on any atom is -0.385 e. The molecule has 0 saturated carbocycles. The molecule has 2 aromatic carbocycles. The van der Waals surface area contributed by atoms with Gasteiger partial charge < -0.3 is 10.6 Å². The van der Waals surface area contributed by atoms with Gasteiger partial charge in [0.1, 0.15) is 5.82 Å². The first-order valence-electron chi connectivity index (χ1n) is 6.77. The molecule has 0 bridgehead atoms. The number of para-hydroxylation sites is 1. The van der Waals surface area contributed by atoms with E-state index in [0.717, 1.165) is 13.0 Å². The maximum atomic E-state index is 13.2. The summed E-state index contributed by atoms with van der Waals surface area (Å²) < 4.78 is 13.2. The fraction of sp³-hybridized carbons (Fsp3) is 0.250. The Morgan fingerprint density at radius 1 is 1.25 bits per heavy atom. The molecule has 0 fully saturated rings. The van der Waals surface area contributed by atoms with Crippen LogP contribution < -0.4 is 10.6 Å². The second-order valence-corrected chi connectivity index (χ2v) is 5.37. The first-order valence-corrected chi connectivity index (χ1v) is 7.15. The summed E-state index contributed by atoms with van der Waals surface area (Å²) in [5.41, 5.74) is 4.36. The molecule has 1 aliphatic rings. The van der Waals surface area contributed by atoms with E-state index in [9.17, 15) is 4.39 Å². The third-order valence-electron chi connectivity index (χ3n) is 3.56. The van der Waals surface area contributed by atoms with Crippen LogP contribution in [0.5, 0.6) is 0 Å². The van der Waals surface area contributed by atoms with E-state index in [1.165, 1.54) is 35.4 Å². The zero-order valence-electron chi connectivity index (χ0n) is 11.0. The summed E-state index contributed by atoms with van der Waals surface area (Å²) in [5, 5.41) is 7.19. The maximum Gasteiger partial charge on any atom is 0.125 e. The number of rotatable bonds is 3. The molecule has 104 valence electrons. The molecule has 2 nitrogen and oxygen atoms in total. The van der Waals surface area contributed by atoms with Crippen LogP contribution in [0, 0.1) is 5.82 Å². The minimum atomic E-state index is -0.287. The number of hydrogen-bond acceptors (Lipinski definition) is 2. The Balaban J connectivity index is 1.80. The topological polar surface area (TPSA) is 24.1 Å². The number of benzene rings is 2. The first-order chi connectivity index (χ1) is 9.74. The Morgan fingerprint density at radius 3 is 3.05 bits per heavy atom. The zero-order valence-corrected chi connectivity index (χ0v) is 11.8. The van der Waals surface area contributed by atoms with Crippen molar-refractivity contribution in [3.8, 4) is 0 Å². The van der Waals surface area contributed by atoms with Gasteiger partial charge in [0.05, 0.1) is 10.7 Å². The summed E-state index contributed by atoms with van der Waals surface area (Å²) in [6.45, 7) is 1.63. The number of aryl methyl sites for hydroxylation is 1. The molecular formula is C16H16ClFN2. The summed E-state index contributed by atoms with van der Waals surface area (Å²) in [4.78, 5) is 0. The number of anilines is 2. The predicted molar refractivity (Wildman–Crippen MR) is 82.0 cm³/mol. The van der Waals surface area contributed by atoms with Crippen LogP contribution in [0.2, 0.25) is 5.02 Å². The van der Waals surface area contributed by atoms with Gasteiger partial charge in [0, 0.05) is 18.8 Å². The van der Waals surface area contributed by atoms with Crippen LogP contribution >= 0.6 is 11.6 Å². The highest BCUT2D eigenvalue weighted by molar-refractivity contribution is 6.33. The third kappa shape index (κ3) is 2.73. The lowest BCUT2D eigenvalue weighted by molar-refractivity contribution is 0.628. The second-order valence-electron chi connectivity index (χ2n) is 4.96. The molecule has 4 heteroatoms. The Kier molecular flexibility index (Phi) is 3.79. The fourth-order valence-corrected chi connectivity index (χ4v) is 2.74. The van der Waals surface area contributed by atoms with Gasteiger partial charge >= 0.3 is 0 Å². The van der Waals surface area contributed by atoms with Crippen molar-refractivity contribution in [2.75, 3.05) is 17.2 Å². The monoisotopic (exact) mass is 290 g/mol. The van der Waals surface area contributed by atoms with Gasteiger partial charge in [-0.2, -0.15) is 0 Å². The molecule has 0 amide bonds. The van der Waals surface area contributed by atoms with Crippen LogP contribution in [0.1, 0.15) is 17.5 Å². The van der Waals surface area contributed by atoms with Crippen molar-refractivity contribution < 1.29 is 4.39 Å². The van der Waals surface area contributed by atoms with Crippen LogP contribution in [0.25, 0.3) is 0 Å². The van der Waals surface area contributed by atoms with Gasteiger partial charge in [0.25, 0.3) is 0 Å². The van der Waals surface area contributed by atoms with Gasteiger partial charge in [-0.15, -0.1) is 0 Å². The van der Waals surface area contributed by atoms with E-state index in [4.69, 9.17) is 11.6 Å². The van der Waals surface area contributed by atoms with Gasteiger partial charge in [-0.05, 0) is 42.2 Å². The molecule has 1 aliphatic heterocycles. The van der Waals surface area contributed by atoms with Crippen molar-refractivity contribution in [3.05, 3.63) is 58.4 Å². The van der Waals surface area contributed by atoms with E-state index in [1.54, 1.807) is 6.07 Å². The van der Waals surface area contributed by atoms with Crippen molar-refractivity contribution in [3.63, 3.8) is 0 Å². The molecule has 1 heterocycles. The van der Waals surface area contributed by atoms with E-state index < -0.39 is 0 Å². The van der Waals surface area contributed by atoms with E-state index in [0.29, 0.717) is 17.3 Å². The summed E-state index contributed by atoms with van der Waals surface area (Å²) in [7, 11) is 0. The molecule has 0 radical (unpaired) electrons. The largest absolute Gasteiger partial charge is 0.385 e. The van der Waals surface area contributed by atoms with Crippen LogP contribution in [-0.2, 0) is 13.0 Å². The zero-order chi connectivity index (χ0) is 13.9. The van der Waals surface area contributed by atoms with Gasteiger partial charge in [0.2, 0.25) is 0 Å². The summed E-state index contributed by atoms with van der Waals surface area (Å²) in [5.74, 6) is -0.287. The highest BCUT2D eigenvalue weighted by atomic mass is 35.5. The molecule has 0 saturated heterocycles. The lowest BCUT2D eigenvalue weighted by atomic mass is 9.99. The molecule has 0 aromatic heterocycles. The first kappa shape index (κ1) is 13.3. The van der Waals surface area contributed by atoms with Gasteiger partial charge in [-0.3, -0.25) is 0 Å². The molecule has 0 aliphatic carbocycles. The summed E-state index contributed by atoms with van der Waals surface area (Å²) in [6, 6.07) is 10.6. The Bertz CT molecular complexity index is 628. The quantitative estimate of drug-likeness (QED) is 0.873. The molecule has 0 unspecified atom stereocenters. The van der Waals surface area contributed by atoms with Crippen molar-refractivity contribution in [2.24, 2.45) is 0 Å².